The van der Waals surface area contributed by atoms with Crippen molar-refractivity contribution in [2.24, 2.45) is 0 Å². The van der Waals surface area contributed by atoms with E-state index in [9.17, 15) is 0 Å². The molecule has 0 N–H and O–H groups in total. The van der Waals surface area contributed by atoms with Gasteiger partial charge in [-0.15, -0.1) is 0 Å². The van der Waals surface area contributed by atoms with Crippen LogP contribution in [0, 0.1) is 27.7 Å². The molecule has 0 radical (unpaired) electrons. The van der Waals surface area contributed by atoms with Crippen LogP contribution in [-0.4, -0.2) is 9.38 Å². The van der Waals surface area contributed by atoms with Crippen LogP contribution in [-0.2, 0) is 12.8 Å². The molecule has 3 aromatic rings. The molecule has 21 heavy (non-hydrogen) atoms. The Kier molecular flexibility index (Phi) is 3.54. The maximum atomic E-state index is 4.73. The Morgan fingerprint density at radius 3 is 2.33 bits per heavy atom. The number of aryl methyl sites for hydroxylation is 5. The van der Waals surface area contributed by atoms with Gasteiger partial charge in [0.1, 0.15) is 5.65 Å². The lowest BCUT2D eigenvalue weighted by atomic mass is 9.97. The van der Waals surface area contributed by atoms with Crippen molar-refractivity contribution in [1.29, 1.82) is 0 Å². The highest BCUT2D eigenvalue weighted by Gasteiger charge is 2.09. The van der Waals surface area contributed by atoms with Crippen LogP contribution < -0.4 is 0 Å². The third-order valence-electron chi connectivity index (χ3n) is 4.50. The first-order valence-corrected chi connectivity index (χ1v) is 7.56. The Morgan fingerprint density at radius 2 is 1.62 bits per heavy atom. The molecule has 0 aliphatic heterocycles. The van der Waals surface area contributed by atoms with Gasteiger partial charge in [-0.1, -0.05) is 24.3 Å². The third kappa shape index (κ3) is 2.46. The number of pyridine rings is 1. The van der Waals surface area contributed by atoms with Crippen LogP contribution in [0.1, 0.15) is 33.6 Å². The van der Waals surface area contributed by atoms with Crippen LogP contribution in [0.3, 0.4) is 0 Å². The molecule has 108 valence electrons. The zero-order valence-electron chi connectivity index (χ0n) is 13.3. The van der Waals surface area contributed by atoms with E-state index in [1.54, 1.807) is 0 Å². The van der Waals surface area contributed by atoms with E-state index in [-0.39, 0.29) is 0 Å². The first-order valence-electron chi connectivity index (χ1n) is 7.56. The van der Waals surface area contributed by atoms with Crippen molar-refractivity contribution in [2.45, 2.75) is 40.5 Å². The summed E-state index contributed by atoms with van der Waals surface area (Å²) in [4.78, 5) is 4.73. The summed E-state index contributed by atoms with van der Waals surface area (Å²) in [6.45, 7) is 8.61. The predicted octanol–water partition coefficient (Wildman–Crippen LogP) is 4.35. The highest BCUT2D eigenvalue weighted by molar-refractivity contribution is 5.51. The van der Waals surface area contributed by atoms with Gasteiger partial charge >= 0.3 is 0 Å². The number of imidazole rings is 1. The van der Waals surface area contributed by atoms with Crippen molar-refractivity contribution >= 4 is 5.65 Å². The number of benzene rings is 1. The molecule has 0 atom stereocenters. The maximum Gasteiger partial charge on any atom is 0.140 e. The number of hydrogen-bond donors (Lipinski definition) is 0. The molecule has 0 unspecified atom stereocenters. The van der Waals surface area contributed by atoms with Gasteiger partial charge in [-0.25, -0.2) is 4.98 Å². The summed E-state index contributed by atoms with van der Waals surface area (Å²) >= 11 is 0. The summed E-state index contributed by atoms with van der Waals surface area (Å²) in [7, 11) is 0. The Balaban J connectivity index is 1.94. The van der Waals surface area contributed by atoms with E-state index >= 15 is 0 Å². The summed E-state index contributed by atoms with van der Waals surface area (Å²) in [5.74, 6) is 0. The molecular formula is C19H22N2. The summed E-state index contributed by atoms with van der Waals surface area (Å²) < 4.78 is 2.20. The summed E-state index contributed by atoms with van der Waals surface area (Å²) in [5, 5.41) is 0. The first-order chi connectivity index (χ1) is 10.1. The quantitative estimate of drug-likeness (QED) is 0.696. The molecule has 0 aliphatic rings. The SMILES string of the molecule is Cc1cccc(C)c1CCc1cccn2c(C)c(C)nc12. The molecule has 2 heteroatoms. The predicted molar refractivity (Wildman–Crippen MR) is 88.0 cm³/mol. The molecule has 0 saturated heterocycles. The average Bonchev–Trinajstić information content (AvgIpc) is 2.75. The number of aromatic nitrogens is 2. The fraction of sp³-hybridized carbons (Fsp3) is 0.316. The van der Waals surface area contributed by atoms with Crippen molar-refractivity contribution in [3.8, 4) is 0 Å². The molecule has 0 spiro atoms. The standard InChI is InChI=1S/C19H22N2/c1-13-7-5-8-14(2)18(13)11-10-17-9-6-12-21-16(4)15(3)20-19(17)21/h5-9,12H,10-11H2,1-4H3. The lowest BCUT2D eigenvalue weighted by molar-refractivity contribution is 0.929. The maximum absolute atomic E-state index is 4.73. The zero-order chi connectivity index (χ0) is 15.0. The molecule has 0 saturated carbocycles. The van der Waals surface area contributed by atoms with Gasteiger partial charge in [0.15, 0.2) is 0 Å². The number of rotatable bonds is 3. The Labute approximate surface area is 126 Å². The lowest BCUT2D eigenvalue weighted by Crippen LogP contribution is -1.99. The van der Waals surface area contributed by atoms with Crippen LogP contribution in [0.25, 0.3) is 5.65 Å². The van der Waals surface area contributed by atoms with Gasteiger partial charge in [0.2, 0.25) is 0 Å². The summed E-state index contributed by atoms with van der Waals surface area (Å²) in [5.41, 5.74) is 9.04. The summed E-state index contributed by atoms with van der Waals surface area (Å²) in [6.07, 6.45) is 4.21. The van der Waals surface area contributed by atoms with Crippen LogP contribution in [0.15, 0.2) is 36.5 Å². The summed E-state index contributed by atoms with van der Waals surface area (Å²) in [6, 6.07) is 10.9. The van der Waals surface area contributed by atoms with Gasteiger partial charge in [-0.05, 0) is 68.9 Å². The molecule has 0 amide bonds. The van der Waals surface area contributed by atoms with Crippen LogP contribution >= 0.6 is 0 Å². The van der Waals surface area contributed by atoms with Crippen LogP contribution in [0.5, 0.6) is 0 Å². The van der Waals surface area contributed by atoms with E-state index < -0.39 is 0 Å². The number of hydrogen-bond acceptors (Lipinski definition) is 1. The van der Waals surface area contributed by atoms with Crippen molar-refractivity contribution in [3.63, 3.8) is 0 Å². The molecule has 0 fully saturated rings. The van der Waals surface area contributed by atoms with E-state index in [0.717, 1.165) is 24.2 Å². The third-order valence-corrected chi connectivity index (χ3v) is 4.50. The average molecular weight is 278 g/mol. The molecule has 1 aromatic carbocycles. The molecule has 0 aliphatic carbocycles. The van der Waals surface area contributed by atoms with E-state index in [4.69, 9.17) is 4.98 Å². The molecule has 0 bridgehead atoms. The highest BCUT2D eigenvalue weighted by Crippen LogP contribution is 2.20. The van der Waals surface area contributed by atoms with Gasteiger partial charge in [0, 0.05) is 11.9 Å². The fourth-order valence-electron chi connectivity index (χ4n) is 3.05. The van der Waals surface area contributed by atoms with Crippen molar-refractivity contribution < 1.29 is 0 Å². The Hall–Kier alpha value is -2.09. The van der Waals surface area contributed by atoms with Gasteiger partial charge in [0.25, 0.3) is 0 Å². The number of nitrogens with zero attached hydrogens (tertiary/aromatic N) is 2. The van der Waals surface area contributed by atoms with Gasteiger partial charge in [-0.3, -0.25) is 0 Å². The van der Waals surface area contributed by atoms with Gasteiger partial charge in [-0.2, -0.15) is 0 Å². The second kappa shape index (κ2) is 5.36. The molecular weight excluding hydrogens is 256 g/mol. The zero-order valence-corrected chi connectivity index (χ0v) is 13.3. The molecule has 2 heterocycles. The second-order valence-corrected chi connectivity index (χ2v) is 5.88. The normalized spacial score (nSPS) is 11.2. The smallest absolute Gasteiger partial charge is 0.140 e. The Bertz CT molecular complexity index is 776. The highest BCUT2D eigenvalue weighted by atomic mass is 15.0. The molecule has 3 rings (SSSR count). The minimum absolute atomic E-state index is 1.03. The van der Waals surface area contributed by atoms with Crippen LogP contribution in [0.4, 0.5) is 0 Å². The molecule has 2 aromatic heterocycles. The topological polar surface area (TPSA) is 17.3 Å². The largest absolute Gasteiger partial charge is 0.304 e. The van der Waals surface area contributed by atoms with Gasteiger partial charge in [0.05, 0.1) is 5.69 Å². The second-order valence-electron chi connectivity index (χ2n) is 5.88. The molecule has 2 nitrogen and oxygen atoms in total. The fourth-order valence-corrected chi connectivity index (χ4v) is 3.05. The monoisotopic (exact) mass is 278 g/mol. The van der Waals surface area contributed by atoms with E-state index in [0.29, 0.717) is 0 Å². The minimum atomic E-state index is 1.03. The van der Waals surface area contributed by atoms with Crippen molar-refractivity contribution in [1.82, 2.24) is 9.38 Å². The van der Waals surface area contributed by atoms with Gasteiger partial charge < -0.3 is 4.40 Å². The van der Waals surface area contributed by atoms with E-state index in [1.807, 2.05) is 0 Å². The lowest BCUT2D eigenvalue weighted by Gasteiger charge is -2.10. The Morgan fingerprint density at radius 1 is 0.905 bits per heavy atom. The van der Waals surface area contributed by atoms with Crippen molar-refractivity contribution in [2.75, 3.05) is 0 Å². The van der Waals surface area contributed by atoms with Crippen molar-refractivity contribution in [3.05, 3.63) is 70.2 Å². The van der Waals surface area contributed by atoms with E-state index in [2.05, 4.69) is 68.6 Å². The van der Waals surface area contributed by atoms with E-state index in [1.165, 1.54) is 27.9 Å². The van der Waals surface area contributed by atoms with Crippen LogP contribution in [0.2, 0.25) is 0 Å². The number of fused-ring (bicyclic) bond motifs is 1. The first kappa shape index (κ1) is 13.9. The minimum Gasteiger partial charge on any atom is -0.304 e.